The molecule has 0 aromatic heterocycles. The van der Waals surface area contributed by atoms with Crippen molar-refractivity contribution in [3.05, 3.63) is 35.4 Å². The van der Waals surface area contributed by atoms with Gasteiger partial charge in [-0.15, -0.1) is 0 Å². The Morgan fingerprint density at radius 1 is 1.32 bits per heavy atom. The van der Waals surface area contributed by atoms with Crippen LogP contribution in [0.2, 0.25) is 0 Å². The first-order valence-electron chi connectivity index (χ1n) is 8.36. The average molecular weight is 302 g/mol. The molecule has 3 atom stereocenters. The third kappa shape index (κ3) is 3.33. The minimum Gasteiger partial charge on any atom is -0.370 e. The van der Waals surface area contributed by atoms with Gasteiger partial charge in [0.1, 0.15) is 6.10 Å². The Bertz CT molecular complexity index is 532. The molecule has 2 aliphatic rings. The van der Waals surface area contributed by atoms with Crippen LogP contribution in [0.1, 0.15) is 42.9 Å². The minimum atomic E-state index is -0.00355. The molecule has 0 radical (unpaired) electrons. The van der Waals surface area contributed by atoms with E-state index in [9.17, 15) is 4.79 Å². The molecule has 0 spiro atoms. The number of benzene rings is 1. The highest BCUT2D eigenvalue weighted by Gasteiger charge is 2.32. The monoisotopic (exact) mass is 302 g/mol. The van der Waals surface area contributed by atoms with Crippen molar-refractivity contribution in [1.29, 1.82) is 0 Å². The summed E-state index contributed by atoms with van der Waals surface area (Å²) in [6.07, 6.45) is 3.95. The Kier molecular flexibility index (Phi) is 4.79. The van der Waals surface area contributed by atoms with Gasteiger partial charge >= 0.3 is 0 Å². The summed E-state index contributed by atoms with van der Waals surface area (Å²) in [7, 11) is 0. The third-order valence-electron chi connectivity index (χ3n) is 4.98. The van der Waals surface area contributed by atoms with Gasteiger partial charge in [-0.05, 0) is 37.3 Å². The number of nitrogens with zero attached hydrogens (tertiary/aromatic N) is 1. The summed E-state index contributed by atoms with van der Waals surface area (Å²) in [5, 5.41) is 0. The molecule has 120 valence electrons. The lowest BCUT2D eigenvalue weighted by Crippen LogP contribution is -2.46. The predicted octanol–water partition coefficient (Wildman–Crippen LogP) is 2.41. The molecule has 1 aliphatic heterocycles. The lowest BCUT2D eigenvalue weighted by atomic mass is 9.85. The number of carbonyl (C=O) groups is 1. The van der Waals surface area contributed by atoms with Crippen LogP contribution in [0, 0.1) is 12.8 Å². The number of amides is 1. The van der Waals surface area contributed by atoms with Gasteiger partial charge in [-0.3, -0.25) is 4.79 Å². The summed E-state index contributed by atoms with van der Waals surface area (Å²) in [5.41, 5.74) is 8.45. The molecule has 1 heterocycles. The van der Waals surface area contributed by atoms with E-state index in [2.05, 4.69) is 19.1 Å². The summed E-state index contributed by atoms with van der Waals surface area (Å²) in [6, 6.07) is 8.46. The number of rotatable bonds is 2. The number of carbonyl (C=O) groups excluding carboxylic acids is 1. The number of ether oxygens (including phenoxy) is 1. The molecule has 0 unspecified atom stereocenters. The average Bonchev–Trinajstić information content (AvgIpc) is 2.55. The van der Waals surface area contributed by atoms with Crippen LogP contribution in [0.15, 0.2) is 24.3 Å². The highest BCUT2D eigenvalue weighted by Crippen LogP contribution is 2.29. The van der Waals surface area contributed by atoms with Gasteiger partial charge in [-0.2, -0.15) is 0 Å². The molecule has 1 aromatic rings. The molecule has 1 amide bonds. The Balaban J connectivity index is 1.68. The molecule has 0 bridgehead atoms. The fraction of sp³-hybridized carbons (Fsp3) is 0.611. The van der Waals surface area contributed by atoms with Crippen molar-refractivity contribution in [2.75, 3.05) is 19.7 Å². The minimum absolute atomic E-state index is 0.00355. The Morgan fingerprint density at radius 2 is 2.14 bits per heavy atom. The first-order chi connectivity index (χ1) is 10.6. The van der Waals surface area contributed by atoms with Gasteiger partial charge in [-0.25, -0.2) is 0 Å². The van der Waals surface area contributed by atoms with Crippen LogP contribution in [0.3, 0.4) is 0 Å². The fourth-order valence-electron chi connectivity index (χ4n) is 3.70. The Labute approximate surface area is 132 Å². The number of hydrogen-bond acceptors (Lipinski definition) is 3. The second kappa shape index (κ2) is 6.80. The van der Waals surface area contributed by atoms with Crippen LogP contribution in [0.4, 0.5) is 0 Å². The third-order valence-corrected chi connectivity index (χ3v) is 4.98. The number of nitrogens with two attached hydrogens (primary N) is 1. The lowest BCUT2D eigenvalue weighted by Gasteiger charge is -2.37. The van der Waals surface area contributed by atoms with E-state index in [4.69, 9.17) is 10.5 Å². The SMILES string of the molecule is Cc1ccccc1[C@@H]1CN(C(=O)[C@H]2CCC[C@@H](N)C2)CCO1. The zero-order valence-corrected chi connectivity index (χ0v) is 13.3. The first kappa shape index (κ1) is 15.5. The lowest BCUT2D eigenvalue weighted by molar-refractivity contribution is -0.144. The van der Waals surface area contributed by atoms with E-state index in [1.165, 1.54) is 11.1 Å². The van der Waals surface area contributed by atoms with Crippen molar-refractivity contribution in [1.82, 2.24) is 4.90 Å². The van der Waals surface area contributed by atoms with E-state index in [-0.39, 0.29) is 24.0 Å². The number of aryl methyl sites for hydroxylation is 1. The van der Waals surface area contributed by atoms with Gasteiger partial charge < -0.3 is 15.4 Å². The van der Waals surface area contributed by atoms with Gasteiger partial charge in [0.15, 0.2) is 0 Å². The maximum atomic E-state index is 12.8. The van der Waals surface area contributed by atoms with Crippen LogP contribution in [0.5, 0.6) is 0 Å². The standard InChI is InChI=1S/C18H26N2O2/c1-13-5-2-3-8-16(13)17-12-20(9-10-22-17)18(21)14-6-4-7-15(19)11-14/h2-3,5,8,14-15,17H,4,6-7,9-12,19H2,1H3/t14-,15+,17-/m0/s1. The summed E-state index contributed by atoms with van der Waals surface area (Å²) < 4.78 is 5.92. The zero-order valence-electron chi connectivity index (χ0n) is 13.3. The second-order valence-electron chi connectivity index (χ2n) is 6.62. The van der Waals surface area contributed by atoms with Crippen LogP contribution in [0.25, 0.3) is 0 Å². The highest BCUT2D eigenvalue weighted by molar-refractivity contribution is 5.79. The van der Waals surface area contributed by atoms with E-state index in [1.54, 1.807) is 0 Å². The van der Waals surface area contributed by atoms with Crippen LogP contribution in [-0.2, 0) is 9.53 Å². The van der Waals surface area contributed by atoms with Crippen LogP contribution >= 0.6 is 0 Å². The second-order valence-corrected chi connectivity index (χ2v) is 6.62. The van der Waals surface area contributed by atoms with E-state index < -0.39 is 0 Å². The normalized spacial score (nSPS) is 29.4. The van der Waals surface area contributed by atoms with E-state index in [0.29, 0.717) is 19.7 Å². The van der Waals surface area contributed by atoms with Gasteiger partial charge in [0.05, 0.1) is 13.2 Å². The molecule has 3 rings (SSSR count). The molecular weight excluding hydrogens is 276 g/mol. The molecule has 2 N–H and O–H groups in total. The smallest absolute Gasteiger partial charge is 0.225 e. The summed E-state index contributed by atoms with van der Waals surface area (Å²) in [6.45, 7) is 4.07. The van der Waals surface area contributed by atoms with E-state index in [1.807, 2.05) is 17.0 Å². The van der Waals surface area contributed by atoms with Gasteiger partial charge in [0.25, 0.3) is 0 Å². The largest absolute Gasteiger partial charge is 0.370 e. The zero-order chi connectivity index (χ0) is 15.5. The van der Waals surface area contributed by atoms with Crippen molar-refractivity contribution in [3.63, 3.8) is 0 Å². The molecule has 4 nitrogen and oxygen atoms in total. The van der Waals surface area contributed by atoms with Gasteiger partial charge in [-0.1, -0.05) is 30.7 Å². The molecule has 1 saturated heterocycles. The van der Waals surface area contributed by atoms with Gasteiger partial charge in [0, 0.05) is 18.5 Å². The quantitative estimate of drug-likeness (QED) is 0.913. The van der Waals surface area contributed by atoms with Crippen molar-refractivity contribution in [3.8, 4) is 0 Å². The Hall–Kier alpha value is -1.39. The Morgan fingerprint density at radius 3 is 2.91 bits per heavy atom. The molecule has 1 saturated carbocycles. The van der Waals surface area contributed by atoms with Crippen LogP contribution in [-0.4, -0.2) is 36.5 Å². The summed E-state index contributed by atoms with van der Waals surface area (Å²) in [5.74, 6) is 0.386. The number of morpholine rings is 1. The molecular formula is C18H26N2O2. The maximum Gasteiger partial charge on any atom is 0.225 e. The van der Waals surface area contributed by atoms with Crippen LogP contribution < -0.4 is 5.73 Å². The van der Waals surface area contributed by atoms with Crippen molar-refractivity contribution in [2.24, 2.45) is 11.7 Å². The van der Waals surface area contributed by atoms with E-state index in [0.717, 1.165) is 25.7 Å². The van der Waals surface area contributed by atoms with Crippen molar-refractivity contribution in [2.45, 2.75) is 44.8 Å². The topological polar surface area (TPSA) is 55.6 Å². The summed E-state index contributed by atoms with van der Waals surface area (Å²) >= 11 is 0. The molecule has 1 aliphatic carbocycles. The predicted molar refractivity (Wildman–Crippen MR) is 86.4 cm³/mol. The van der Waals surface area contributed by atoms with E-state index >= 15 is 0 Å². The fourth-order valence-corrected chi connectivity index (χ4v) is 3.70. The molecule has 2 fully saturated rings. The molecule has 1 aromatic carbocycles. The first-order valence-corrected chi connectivity index (χ1v) is 8.36. The highest BCUT2D eigenvalue weighted by atomic mass is 16.5. The summed E-state index contributed by atoms with van der Waals surface area (Å²) in [4.78, 5) is 14.8. The number of hydrogen-bond donors (Lipinski definition) is 1. The molecule has 4 heteroatoms. The van der Waals surface area contributed by atoms with Crippen molar-refractivity contribution >= 4 is 5.91 Å². The van der Waals surface area contributed by atoms with Crippen molar-refractivity contribution < 1.29 is 9.53 Å². The van der Waals surface area contributed by atoms with Gasteiger partial charge in [0.2, 0.25) is 5.91 Å². The molecule has 22 heavy (non-hydrogen) atoms. The maximum absolute atomic E-state index is 12.8.